The summed E-state index contributed by atoms with van der Waals surface area (Å²) in [5.74, 6) is -0.130. The average Bonchev–Trinajstić information content (AvgIpc) is 3.86. The van der Waals surface area contributed by atoms with Crippen LogP contribution in [0, 0.1) is 0 Å². The van der Waals surface area contributed by atoms with Crippen LogP contribution in [0.5, 0.6) is 0 Å². The number of para-hydroxylation sites is 3. The van der Waals surface area contributed by atoms with E-state index in [0.29, 0.717) is 5.56 Å². The van der Waals surface area contributed by atoms with E-state index >= 15 is 0 Å². The molecule has 0 unspecified atom stereocenters. The van der Waals surface area contributed by atoms with Gasteiger partial charge >= 0.3 is 0 Å². The van der Waals surface area contributed by atoms with Crippen molar-refractivity contribution in [2.24, 2.45) is 0 Å². The molecule has 3 heterocycles. The van der Waals surface area contributed by atoms with Crippen LogP contribution in [0.25, 0.3) is 93.0 Å². The van der Waals surface area contributed by atoms with Crippen LogP contribution in [0.2, 0.25) is 0 Å². The van der Waals surface area contributed by atoms with E-state index in [4.69, 9.17) is 31.4 Å². The Hall–Kier alpha value is -6.43. The third kappa shape index (κ3) is 4.55. The van der Waals surface area contributed by atoms with Crippen molar-refractivity contribution in [3.63, 3.8) is 0 Å². The summed E-state index contributed by atoms with van der Waals surface area (Å²) >= 11 is 1.65. The van der Waals surface area contributed by atoms with E-state index in [-0.39, 0.29) is 74.2 Å². The number of hydrogen-bond acceptors (Lipinski definition) is 4. The molecule has 0 saturated carbocycles. The summed E-state index contributed by atoms with van der Waals surface area (Å²) in [4.78, 5) is 14.7. The molecular formula is C45H28N4S. The van der Waals surface area contributed by atoms with Gasteiger partial charge in [0.2, 0.25) is 0 Å². The molecule has 7 aromatic carbocycles. The SMILES string of the molecule is [2H]c1cc([2H])c2c(c1[2H])c1c([2H])c([2H])c([2H])c([2H])c1n2-c1ccccc1-c1nc(-c2ccccc2-c2cccc3c2sc2ccccc23)nc(-c2c([2H])c([2H])c([2H])c([2H])c2[2H])n1. The van der Waals surface area contributed by atoms with Gasteiger partial charge in [-0.25, -0.2) is 15.0 Å². The van der Waals surface area contributed by atoms with Gasteiger partial charge in [-0.3, -0.25) is 0 Å². The first-order valence-corrected chi connectivity index (χ1v) is 16.5. The first kappa shape index (κ1) is 18.9. The fourth-order valence-electron chi connectivity index (χ4n) is 6.53. The molecule has 0 spiro atoms. The third-order valence-electron chi connectivity index (χ3n) is 8.69. The quantitative estimate of drug-likeness (QED) is 0.183. The molecule has 4 nitrogen and oxygen atoms in total. The molecule has 0 aliphatic heterocycles. The highest BCUT2D eigenvalue weighted by Crippen LogP contribution is 2.43. The van der Waals surface area contributed by atoms with E-state index in [1.54, 1.807) is 35.6 Å². The van der Waals surface area contributed by atoms with E-state index in [2.05, 4.69) is 18.2 Å². The fourth-order valence-corrected chi connectivity index (χ4v) is 7.76. The highest BCUT2D eigenvalue weighted by molar-refractivity contribution is 7.26. The van der Waals surface area contributed by atoms with Crippen LogP contribution in [0.3, 0.4) is 0 Å². The zero-order chi connectivity index (χ0) is 43.5. The number of aromatic nitrogens is 4. The van der Waals surface area contributed by atoms with Gasteiger partial charge in [0.15, 0.2) is 17.5 Å². The molecule has 0 N–H and O–H groups in total. The molecule has 0 fully saturated rings. The molecule has 5 heteroatoms. The molecule has 0 saturated heterocycles. The predicted molar refractivity (Wildman–Crippen MR) is 209 cm³/mol. The van der Waals surface area contributed by atoms with Crippen LogP contribution in [0.1, 0.15) is 16.4 Å². The Morgan fingerprint density at radius 1 is 0.440 bits per heavy atom. The van der Waals surface area contributed by atoms with Gasteiger partial charge in [-0.1, -0.05) is 139 Å². The van der Waals surface area contributed by atoms with E-state index in [9.17, 15) is 0 Å². The zero-order valence-electron chi connectivity index (χ0n) is 37.9. The molecule has 0 bridgehead atoms. The average molecular weight is 669 g/mol. The van der Waals surface area contributed by atoms with Crippen LogP contribution in [0.15, 0.2) is 170 Å². The summed E-state index contributed by atoms with van der Waals surface area (Å²) in [5.41, 5.74) is 2.48. The molecule has 0 amide bonds. The zero-order valence-corrected chi connectivity index (χ0v) is 26.8. The normalized spacial score (nSPS) is 15.0. The molecule has 0 aliphatic rings. The second-order valence-corrected chi connectivity index (χ2v) is 12.5. The molecule has 0 radical (unpaired) electrons. The Labute approximate surface area is 309 Å². The van der Waals surface area contributed by atoms with E-state index < -0.39 is 54.4 Å². The maximum atomic E-state index is 9.10. The standard InChI is InChI=1S/C45H28N4S/c1-2-15-29(16-3-1)43-46-44(36-21-5-4-17-30(36)34-23-14-24-35-33-20-9-13-28-41(33)50-42(34)35)48-45(47-43)37-22-8-12-27-40(37)49-38-25-10-6-18-31(38)32-19-7-11-26-39(32)49/h1-28H/i1D,2D,3D,6D,7D,10D,15D,16D,18D,19D,25D,26D. The molecule has 0 aliphatic carbocycles. The number of fused-ring (bicyclic) bond motifs is 6. The van der Waals surface area contributed by atoms with Gasteiger partial charge in [0, 0.05) is 53.2 Å². The van der Waals surface area contributed by atoms with Gasteiger partial charge in [-0.2, -0.15) is 0 Å². The van der Waals surface area contributed by atoms with Crippen molar-refractivity contribution < 1.29 is 16.4 Å². The lowest BCUT2D eigenvalue weighted by Gasteiger charge is -2.15. The second kappa shape index (κ2) is 11.6. The van der Waals surface area contributed by atoms with Gasteiger partial charge in [0.1, 0.15) is 0 Å². The summed E-state index contributed by atoms with van der Waals surface area (Å²) < 4.78 is 108. The van der Waals surface area contributed by atoms with Crippen molar-refractivity contribution >= 4 is 53.3 Å². The van der Waals surface area contributed by atoms with E-state index in [0.717, 1.165) is 31.3 Å². The highest BCUT2D eigenvalue weighted by Gasteiger charge is 2.21. The lowest BCUT2D eigenvalue weighted by Crippen LogP contribution is -2.04. The Morgan fingerprint density at radius 2 is 1.06 bits per heavy atom. The van der Waals surface area contributed by atoms with Crippen LogP contribution in [-0.4, -0.2) is 19.5 Å². The molecule has 3 aromatic heterocycles. The topological polar surface area (TPSA) is 43.6 Å². The maximum absolute atomic E-state index is 9.10. The van der Waals surface area contributed by atoms with Gasteiger partial charge in [0.05, 0.1) is 33.2 Å². The van der Waals surface area contributed by atoms with Crippen LogP contribution in [0.4, 0.5) is 0 Å². The van der Waals surface area contributed by atoms with Crippen molar-refractivity contribution in [2.75, 3.05) is 0 Å². The number of benzene rings is 7. The monoisotopic (exact) mass is 668 g/mol. The Balaban J connectivity index is 1.31. The summed E-state index contributed by atoms with van der Waals surface area (Å²) in [7, 11) is 0. The molecule has 0 atom stereocenters. The van der Waals surface area contributed by atoms with Gasteiger partial charge in [-0.05, 0) is 35.8 Å². The van der Waals surface area contributed by atoms with Crippen molar-refractivity contribution in [1.82, 2.24) is 19.5 Å². The number of thiophene rings is 1. The number of rotatable bonds is 5. The molecule has 234 valence electrons. The largest absolute Gasteiger partial charge is 0.309 e. The van der Waals surface area contributed by atoms with E-state index in [1.165, 1.54) is 10.6 Å². The van der Waals surface area contributed by atoms with Crippen molar-refractivity contribution in [1.29, 1.82) is 0 Å². The molecule has 10 aromatic rings. The van der Waals surface area contributed by atoms with E-state index in [1.807, 2.05) is 48.5 Å². The summed E-state index contributed by atoms with van der Waals surface area (Å²) in [5, 5.41) is 2.14. The summed E-state index contributed by atoms with van der Waals surface area (Å²) in [6.45, 7) is 0. The third-order valence-corrected chi connectivity index (χ3v) is 9.91. The Kier molecular flexibility index (Phi) is 4.40. The van der Waals surface area contributed by atoms with Crippen molar-refractivity contribution in [2.45, 2.75) is 0 Å². The Bertz CT molecular complexity index is 3560. The minimum atomic E-state index is -0.586. The lowest BCUT2D eigenvalue weighted by atomic mass is 9.97. The number of hydrogen-bond donors (Lipinski definition) is 0. The molecule has 10 rings (SSSR count). The van der Waals surface area contributed by atoms with Crippen molar-refractivity contribution in [3.8, 4) is 51.0 Å². The first-order valence-electron chi connectivity index (χ1n) is 21.7. The van der Waals surface area contributed by atoms with Crippen LogP contribution < -0.4 is 0 Å². The second-order valence-electron chi connectivity index (χ2n) is 11.5. The Morgan fingerprint density at radius 3 is 1.94 bits per heavy atom. The smallest absolute Gasteiger partial charge is 0.166 e. The summed E-state index contributed by atoms with van der Waals surface area (Å²) in [6.07, 6.45) is 0. The van der Waals surface area contributed by atoms with Crippen molar-refractivity contribution in [3.05, 3.63) is 170 Å². The predicted octanol–water partition coefficient (Wildman–Crippen LogP) is 12.0. The van der Waals surface area contributed by atoms with Crippen LogP contribution >= 0.6 is 11.3 Å². The van der Waals surface area contributed by atoms with Gasteiger partial charge in [-0.15, -0.1) is 11.3 Å². The fraction of sp³-hybridized carbons (Fsp3) is 0. The molecular weight excluding hydrogens is 629 g/mol. The minimum absolute atomic E-state index is 0.000186. The highest BCUT2D eigenvalue weighted by atomic mass is 32.1. The lowest BCUT2D eigenvalue weighted by molar-refractivity contribution is 1.06. The summed E-state index contributed by atoms with van der Waals surface area (Å²) in [6, 6.07) is 24.0. The maximum Gasteiger partial charge on any atom is 0.166 e. The first-order chi connectivity index (χ1) is 29.8. The van der Waals surface area contributed by atoms with Gasteiger partial charge in [0.25, 0.3) is 0 Å². The number of nitrogens with zero attached hydrogens (tertiary/aromatic N) is 4. The van der Waals surface area contributed by atoms with Gasteiger partial charge < -0.3 is 4.57 Å². The molecule has 50 heavy (non-hydrogen) atoms. The van der Waals surface area contributed by atoms with Crippen LogP contribution in [-0.2, 0) is 0 Å². The minimum Gasteiger partial charge on any atom is -0.309 e.